The number of ether oxygens (including phenoxy) is 1. The molecule has 0 aliphatic heterocycles. The summed E-state index contributed by atoms with van der Waals surface area (Å²) in [6, 6.07) is 4.91. The quantitative estimate of drug-likeness (QED) is 0.554. The summed E-state index contributed by atoms with van der Waals surface area (Å²) in [4.78, 5) is 23.4. The Bertz CT molecular complexity index is 590. The topological polar surface area (TPSA) is 79.5 Å². The molecule has 0 atom stereocenters. The fourth-order valence-electron chi connectivity index (χ4n) is 1.58. The Balaban J connectivity index is 1.86. The molecule has 0 spiro atoms. The third-order valence-corrected chi connectivity index (χ3v) is 3.71. The first-order valence-corrected chi connectivity index (χ1v) is 7.46. The summed E-state index contributed by atoms with van der Waals surface area (Å²) in [5, 5.41) is 2.52. The van der Waals surface area contributed by atoms with Crippen LogP contribution in [0.25, 0.3) is 0 Å². The maximum atomic E-state index is 12.0. The van der Waals surface area contributed by atoms with E-state index in [0.29, 0.717) is 15.8 Å². The fraction of sp³-hybridized carbons (Fsp3) is 0.308. The molecule has 0 saturated heterocycles. The number of benzene rings is 1. The zero-order valence-corrected chi connectivity index (χ0v) is 13.6. The smallest absolute Gasteiger partial charge is 0.257 e. The second-order valence-corrected chi connectivity index (χ2v) is 5.78. The SMILES string of the molecule is COc1ccc(C(=O)NC(=S)NNC(=O)C2CC2)cc1Br. The molecule has 1 aliphatic rings. The predicted molar refractivity (Wildman–Crippen MR) is 84.8 cm³/mol. The lowest BCUT2D eigenvalue weighted by Crippen LogP contribution is -2.48. The van der Waals surface area contributed by atoms with Crippen molar-refractivity contribution in [2.45, 2.75) is 12.8 Å². The molecule has 8 heteroatoms. The van der Waals surface area contributed by atoms with Gasteiger partial charge in [0.2, 0.25) is 5.91 Å². The molecule has 112 valence electrons. The first-order valence-electron chi connectivity index (χ1n) is 6.26. The summed E-state index contributed by atoms with van der Waals surface area (Å²) in [6.45, 7) is 0. The molecule has 0 heterocycles. The van der Waals surface area contributed by atoms with Crippen molar-refractivity contribution in [2.24, 2.45) is 5.92 Å². The number of methoxy groups -OCH3 is 1. The van der Waals surface area contributed by atoms with Gasteiger partial charge in [0.25, 0.3) is 5.91 Å². The normalized spacial score (nSPS) is 13.2. The average Bonchev–Trinajstić information content (AvgIpc) is 3.29. The maximum Gasteiger partial charge on any atom is 0.257 e. The largest absolute Gasteiger partial charge is 0.496 e. The summed E-state index contributed by atoms with van der Waals surface area (Å²) < 4.78 is 5.76. The van der Waals surface area contributed by atoms with Gasteiger partial charge in [0.15, 0.2) is 5.11 Å². The van der Waals surface area contributed by atoms with Gasteiger partial charge in [0, 0.05) is 11.5 Å². The molecule has 2 amide bonds. The highest BCUT2D eigenvalue weighted by Crippen LogP contribution is 2.28. The Kier molecular flexibility index (Phi) is 5.13. The number of hydrogen-bond acceptors (Lipinski definition) is 4. The van der Waals surface area contributed by atoms with Gasteiger partial charge in [0.05, 0.1) is 11.6 Å². The second kappa shape index (κ2) is 6.86. The molecule has 0 aromatic heterocycles. The highest BCUT2D eigenvalue weighted by atomic mass is 79.9. The van der Waals surface area contributed by atoms with Crippen molar-refractivity contribution in [3.63, 3.8) is 0 Å². The molecule has 21 heavy (non-hydrogen) atoms. The van der Waals surface area contributed by atoms with Crippen LogP contribution in [0.5, 0.6) is 5.75 Å². The van der Waals surface area contributed by atoms with Crippen molar-refractivity contribution in [1.29, 1.82) is 0 Å². The van der Waals surface area contributed by atoms with Gasteiger partial charge in [-0.1, -0.05) is 0 Å². The standard InChI is InChI=1S/C13H14BrN3O3S/c1-20-10-5-4-8(6-9(10)14)11(18)15-13(21)17-16-12(19)7-2-3-7/h4-7H,2-3H2,1H3,(H,16,19)(H2,15,17,18,21). The molecule has 2 rings (SSSR count). The van der Waals surface area contributed by atoms with Crippen molar-refractivity contribution >= 4 is 45.1 Å². The summed E-state index contributed by atoms with van der Waals surface area (Å²) in [6.07, 6.45) is 1.79. The van der Waals surface area contributed by atoms with Crippen LogP contribution in [0.3, 0.4) is 0 Å². The number of thiocarbonyl (C=S) groups is 1. The Labute approximate surface area is 135 Å². The van der Waals surface area contributed by atoms with Crippen molar-refractivity contribution in [1.82, 2.24) is 16.2 Å². The number of halogens is 1. The number of hydrazine groups is 1. The number of nitrogens with one attached hydrogen (secondary N) is 3. The van der Waals surface area contributed by atoms with Crippen LogP contribution in [0.4, 0.5) is 0 Å². The molecular formula is C13H14BrN3O3S. The van der Waals surface area contributed by atoms with Gasteiger partial charge in [-0.2, -0.15) is 0 Å². The molecule has 0 bridgehead atoms. The highest BCUT2D eigenvalue weighted by Gasteiger charge is 2.29. The minimum absolute atomic E-state index is 0.0425. The van der Waals surface area contributed by atoms with Crippen molar-refractivity contribution in [3.8, 4) is 5.75 Å². The lowest BCUT2D eigenvalue weighted by Gasteiger charge is -2.11. The van der Waals surface area contributed by atoms with Gasteiger partial charge >= 0.3 is 0 Å². The van der Waals surface area contributed by atoms with E-state index in [0.717, 1.165) is 12.8 Å². The Morgan fingerprint density at radius 3 is 2.62 bits per heavy atom. The van der Waals surface area contributed by atoms with Gasteiger partial charge in [-0.05, 0) is 59.2 Å². The van der Waals surface area contributed by atoms with E-state index in [1.165, 1.54) is 0 Å². The maximum absolute atomic E-state index is 12.0. The van der Waals surface area contributed by atoms with Gasteiger partial charge in [0.1, 0.15) is 5.75 Å². The number of amides is 2. The Hall–Kier alpha value is -1.67. The first kappa shape index (κ1) is 15.7. The molecule has 1 aromatic carbocycles. The molecule has 1 saturated carbocycles. The van der Waals surface area contributed by atoms with E-state index in [1.807, 2.05) is 0 Å². The van der Waals surface area contributed by atoms with E-state index in [2.05, 4.69) is 32.1 Å². The van der Waals surface area contributed by atoms with Crippen LogP contribution < -0.4 is 20.9 Å². The Morgan fingerprint density at radius 1 is 1.33 bits per heavy atom. The van der Waals surface area contributed by atoms with Crippen LogP contribution in [0.15, 0.2) is 22.7 Å². The van der Waals surface area contributed by atoms with Crippen LogP contribution in [0.1, 0.15) is 23.2 Å². The average molecular weight is 372 g/mol. The second-order valence-electron chi connectivity index (χ2n) is 4.52. The van der Waals surface area contributed by atoms with Gasteiger partial charge in [-0.15, -0.1) is 0 Å². The van der Waals surface area contributed by atoms with Crippen molar-refractivity contribution in [3.05, 3.63) is 28.2 Å². The first-order chi connectivity index (χ1) is 10.0. The van der Waals surface area contributed by atoms with Gasteiger partial charge in [-0.25, -0.2) is 0 Å². The van der Waals surface area contributed by atoms with Crippen LogP contribution in [-0.2, 0) is 4.79 Å². The summed E-state index contributed by atoms with van der Waals surface area (Å²) >= 11 is 8.25. The van der Waals surface area contributed by atoms with E-state index < -0.39 is 0 Å². The van der Waals surface area contributed by atoms with Crippen LogP contribution in [0.2, 0.25) is 0 Å². The summed E-state index contributed by atoms with van der Waals surface area (Å²) in [5.74, 6) is 0.202. The summed E-state index contributed by atoms with van der Waals surface area (Å²) in [5.41, 5.74) is 5.38. The molecule has 0 unspecified atom stereocenters. The highest BCUT2D eigenvalue weighted by molar-refractivity contribution is 9.10. The molecule has 3 N–H and O–H groups in total. The molecule has 1 aromatic rings. The summed E-state index contributed by atoms with van der Waals surface area (Å²) in [7, 11) is 1.54. The van der Waals surface area contributed by atoms with Crippen LogP contribution >= 0.6 is 28.1 Å². The zero-order valence-electron chi connectivity index (χ0n) is 11.2. The lowest BCUT2D eigenvalue weighted by atomic mass is 10.2. The molecule has 0 radical (unpaired) electrons. The lowest BCUT2D eigenvalue weighted by molar-refractivity contribution is -0.122. The van der Waals surface area contributed by atoms with Crippen LogP contribution in [-0.4, -0.2) is 24.0 Å². The minimum atomic E-state index is -0.378. The molecular weight excluding hydrogens is 358 g/mol. The molecule has 1 aliphatic carbocycles. The van der Waals surface area contributed by atoms with Crippen molar-refractivity contribution in [2.75, 3.05) is 7.11 Å². The van der Waals surface area contributed by atoms with E-state index >= 15 is 0 Å². The van der Waals surface area contributed by atoms with Gasteiger partial charge in [-0.3, -0.25) is 25.8 Å². The molecule has 1 fully saturated rings. The van der Waals surface area contributed by atoms with E-state index in [1.54, 1.807) is 25.3 Å². The number of hydrogen-bond donors (Lipinski definition) is 3. The molecule has 6 nitrogen and oxygen atoms in total. The third kappa shape index (κ3) is 4.40. The fourth-order valence-corrected chi connectivity index (χ4v) is 2.26. The van der Waals surface area contributed by atoms with Gasteiger partial charge < -0.3 is 4.74 Å². The number of carbonyl (C=O) groups is 2. The minimum Gasteiger partial charge on any atom is -0.496 e. The third-order valence-electron chi connectivity index (χ3n) is 2.89. The van der Waals surface area contributed by atoms with E-state index in [9.17, 15) is 9.59 Å². The van der Waals surface area contributed by atoms with E-state index in [4.69, 9.17) is 17.0 Å². The Morgan fingerprint density at radius 2 is 2.05 bits per heavy atom. The zero-order chi connectivity index (χ0) is 15.4. The van der Waals surface area contributed by atoms with Crippen molar-refractivity contribution < 1.29 is 14.3 Å². The number of rotatable bonds is 3. The number of carbonyl (C=O) groups excluding carboxylic acids is 2. The monoisotopic (exact) mass is 371 g/mol. The van der Waals surface area contributed by atoms with Crippen LogP contribution in [0, 0.1) is 5.92 Å². The van der Waals surface area contributed by atoms with E-state index in [-0.39, 0.29) is 22.8 Å². The predicted octanol–water partition coefficient (Wildman–Crippen LogP) is 1.50.